The van der Waals surface area contributed by atoms with Crippen LogP contribution < -0.4 is 11.5 Å². The molecule has 18 heavy (non-hydrogen) atoms. The highest BCUT2D eigenvalue weighted by atomic mass is 19.4. The summed E-state index contributed by atoms with van der Waals surface area (Å²) in [5, 5.41) is 0. The maximum absolute atomic E-state index is 12.5. The lowest BCUT2D eigenvalue weighted by Gasteiger charge is -2.16. The Morgan fingerprint density at radius 3 is 2.56 bits per heavy atom. The maximum Gasteiger partial charge on any atom is 0.416 e. The van der Waals surface area contributed by atoms with Gasteiger partial charge in [-0.3, -0.25) is 0 Å². The first-order valence-electron chi connectivity index (χ1n) is 5.14. The molecule has 1 atom stereocenters. The van der Waals surface area contributed by atoms with Crippen molar-refractivity contribution < 1.29 is 22.7 Å². The number of hydrogen-bond donors (Lipinski definition) is 2. The molecule has 4 nitrogen and oxygen atoms in total. The average molecular weight is 262 g/mol. The van der Waals surface area contributed by atoms with Crippen molar-refractivity contribution in [3.05, 3.63) is 35.4 Å². The van der Waals surface area contributed by atoms with Crippen molar-refractivity contribution in [1.29, 1.82) is 0 Å². The average Bonchev–Trinajstić information content (AvgIpc) is 2.29. The minimum Gasteiger partial charge on any atom is -0.449 e. The van der Waals surface area contributed by atoms with E-state index < -0.39 is 23.8 Å². The van der Waals surface area contributed by atoms with Gasteiger partial charge in [-0.05, 0) is 11.6 Å². The summed E-state index contributed by atoms with van der Waals surface area (Å²) >= 11 is 0. The van der Waals surface area contributed by atoms with Crippen LogP contribution >= 0.6 is 0 Å². The van der Waals surface area contributed by atoms with Gasteiger partial charge in [-0.1, -0.05) is 18.2 Å². The van der Waals surface area contributed by atoms with Crippen molar-refractivity contribution in [3.63, 3.8) is 0 Å². The topological polar surface area (TPSA) is 78.3 Å². The molecule has 1 aromatic carbocycles. The van der Waals surface area contributed by atoms with E-state index in [-0.39, 0.29) is 13.2 Å². The molecule has 1 amide bonds. The van der Waals surface area contributed by atoms with Gasteiger partial charge < -0.3 is 16.2 Å². The van der Waals surface area contributed by atoms with Crippen LogP contribution in [0.5, 0.6) is 0 Å². The van der Waals surface area contributed by atoms with E-state index in [1.54, 1.807) is 0 Å². The third kappa shape index (κ3) is 3.92. The van der Waals surface area contributed by atoms with Crippen LogP contribution in [0.25, 0.3) is 0 Å². The first kappa shape index (κ1) is 14.3. The van der Waals surface area contributed by atoms with Crippen LogP contribution in [0.1, 0.15) is 17.0 Å². The summed E-state index contributed by atoms with van der Waals surface area (Å²) in [5.74, 6) is -0.514. The lowest BCUT2D eigenvalue weighted by Crippen LogP contribution is -2.23. The molecule has 1 rings (SSSR count). The number of ether oxygens (including phenoxy) is 1. The van der Waals surface area contributed by atoms with Gasteiger partial charge in [0.25, 0.3) is 0 Å². The number of nitrogens with two attached hydrogens (primary N) is 2. The third-order valence-electron chi connectivity index (χ3n) is 2.40. The van der Waals surface area contributed by atoms with E-state index in [0.717, 1.165) is 12.1 Å². The Morgan fingerprint density at radius 2 is 2.06 bits per heavy atom. The maximum atomic E-state index is 12.5. The Labute approximate surface area is 102 Å². The van der Waals surface area contributed by atoms with Crippen molar-refractivity contribution in [2.75, 3.05) is 13.2 Å². The summed E-state index contributed by atoms with van der Waals surface area (Å²) < 4.78 is 42.1. The van der Waals surface area contributed by atoms with Crippen molar-refractivity contribution in [3.8, 4) is 0 Å². The van der Waals surface area contributed by atoms with E-state index in [1.807, 2.05) is 0 Å². The zero-order valence-corrected chi connectivity index (χ0v) is 9.41. The first-order valence-corrected chi connectivity index (χ1v) is 5.14. The van der Waals surface area contributed by atoms with E-state index in [9.17, 15) is 18.0 Å². The van der Waals surface area contributed by atoms with Crippen LogP contribution in [0.2, 0.25) is 0 Å². The first-order chi connectivity index (χ1) is 8.34. The van der Waals surface area contributed by atoms with E-state index in [4.69, 9.17) is 11.5 Å². The molecule has 7 heteroatoms. The summed E-state index contributed by atoms with van der Waals surface area (Å²) in [7, 11) is 0. The standard InChI is InChI=1S/C11H13F3N2O2/c12-11(13,14)9-3-1-2-7(4-9)8(5-15)6-18-10(16)17/h1-4,8H,5-6,15H2,(H2,16,17). The molecule has 0 aliphatic heterocycles. The number of benzene rings is 1. The molecular weight excluding hydrogens is 249 g/mol. The molecule has 1 aromatic rings. The van der Waals surface area contributed by atoms with Crippen molar-refractivity contribution in [2.45, 2.75) is 12.1 Å². The molecule has 100 valence electrons. The number of carbonyl (C=O) groups excluding carboxylic acids is 1. The monoisotopic (exact) mass is 262 g/mol. The number of hydrogen-bond acceptors (Lipinski definition) is 3. The molecule has 0 radical (unpaired) electrons. The Hall–Kier alpha value is -1.76. The van der Waals surface area contributed by atoms with Crippen LogP contribution in [-0.4, -0.2) is 19.2 Å². The quantitative estimate of drug-likeness (QED) is 0.869. The SMILES string of the molecule is NCC(COC(N)=O)c1cccc(C(F)(F)F)c1. The number of carbonyl (C=O) groups is 1. The summed E-state index contributed by atoms with van der Waals surface area (Å²) in [6, 6.07) is 4.73. The van der Waals surface area contributed by atoms with Crippen LogP contribution in [0.4, 0.5) is 18.0 Å². The highest BCUT2D eigenvalue weighted by molar-refractivity contribution is 5.64. The predicted molar refractivity (Wildman–Crippen MR) is 58.8 cm³/mol. The Morgan fingerprint density at radius 1 is 1.39 bits per heavy atom. The minimum absolute atomic E-state index is 0.0502. The largest absolute Gasteiger partial charge is 0.449 e. The number of primary amides is 1. The zero-order chi connectivity index (χ0) is 13.8. The van der Waals surface area contributed by atoms with Crippen LogP contribution in [-0.2, 0) is 10.9 Å². The number of alkyl halides is 3. The van der Waals surface area contributed by atoms with Gasteiger partial charge >= 0.3 is 12.3 Å². The highest BCUT2D eigenvalue weighted by Gasteiger charge is 2.30. The summed E-state index contributed by atoms with van der Waals surface area (Å²) in [4.78, 5) is 10.5. The molecular formula is C11H13F3N2O2. The second kappa shape index (κ2) is 5.72. The van der Waals surface area contributed by atoms with Gasteiger partial charge in [0.1, 0.15) is 6.61 Å². The molecule has 0 aromatic heterocycles. The smallest absolute Gasteiger partial charge is 0.416 e. The molecule has 0 fully saturated rings. The summed E-state index contributed by atoms with van der Waals surface area (Å²) in [6.45, 7) is -0.0955. The van der Waals surface area contributed by atoms with Crippen molar-refractivity contribution in [2.24, 2.45) is 11.5 Å². The molecule has 0 spiro atoms. The fourth-order valence-electron chi connectivity index (χ4n) is 1.45. The van der Waals surface area contributed by atoms with Gasteiger partial charge in [-0.2, -0.15) is 13.2 Å². The molecule has 0 saturated heterocycles. The predicted octanol–water partition coefficient (Wildman–Crippen LogP) is 1.84. The van der Waals surface area contributed by atoms with Gasteiger partial charge in [0, 0.05) is 12.5 Å². The Kier molecular flexibility index (Phi) is 4.55. The molecule has 0 heterocycles. The number of amides is 1. The van der Waals surface area contributed by atoms with E-state index in [0.29, 0.717) is 5.56 Å². The van der Waals surface area contributed by atoms with Crippen molar-refractivity contribution >= 4 is 6.09 Å². The van der Waals surface area contributed by atoms with E-state index in [1.165, 1.54) is 12.1 Å². The lowest BCUT2D eigenvalue weighted by atomic mass is 9.98. The van der Waals surface area contributed by atoms with Crippen LogP contribution in [0.3, 0.4) is 0 Å². The highest BCUT2D eigenvalue weighted by Crippen LogP contribution is 2.31. The van der Waals surface area contributed by atoms with Gasteiger partial charge in [0.2, 0.25) is 0 Å². The molecule has 0 aliphatic rings. The number of halogens is 3. The molecule has 0 saturated carbocycles. The fourth-order valence-corrected chi connectivity index (χ4v) is 1.45. The second-order valence-electron chi connectivity index (χ2n) is 3.69. The van der Waals surface area contributed by atoms with Crippen LogP contribution in [0, 0.1) is 0 Å². The number of rotatable bonds is 4. The van der Waals surface area contributed by atoms with Gasteiger partial charge in [-0.15, -0.1) is 0 Å². The zero-order valence-electron chi connectivity index (χ0n) is 9.41. The normalized spacial score (nSPS) is 13.1. The Balaban J connectivity index is 2.89. The summed E-state index contributed by atoms with van der Waals surface area (Å²) in [6.07, 6.45) is -5.40. The van der Waals surface area contributed by atoms with Crippen LogP contribution in [0.15, 0.2) is 24.3 Å². The summed E-state index contributed by atoms with van der Waals surface area (Å²) in [5.41, 5.74) is 9.82. The third-order valence-corrected chi connectivity index (χ3v) is 2.40. The minimum atomic E-state index is -4.42. The molecule has 0 bridgehead atoms. The molecule has 4 N–H and O–H groups in total. The second-order valence-corrected chi connectivity index (χ2v) is 3.69. The molecule has 1 unspecified atom stereocenters. The van der Waals surface area contributed by atoms with E-state index in [2.05, 4.69) is 4.74 Å². The lowest BCUT2D eigenvalue weighted by molar-refractivity contribution is -0.137. The fraction of sp³-hybridized carbons (Fsp3) is 0.364. The van der Waals surface area contributed by atoms with E-state index >= 15 is 0 Å². The van der Waals surface area contributed by atoms with Gasteiger partial charge in [0.05, 0.1) is 5.56 Å². The van der Waals surface area contributed by atoms with Gasteiger partial charge in [0.15, 0.2) is 0 Å². The molecule has 0 aliphatic carbocycles. The Bertz CT molecular complexity index is 421. The van der Waals surface area contributed by atoms with Gasteiger partial charge in [-0.25, -0.2) is 4.79 Å². The van der Waals surface area contributed by atoms with Crippen molar-refractivity contribution in [1.82, 2.24) is 0 Å².